The van der Waals surface area contributed by atoms with Gasteiger partial charge >= 0.3 is 0 Å². The van der Waals surface area contributed by atoms with Crippen molar-refractivity contribution in [2.45, 2.75) is 13.3 Å². The maximum Gasteiger partial charge on any atom is 0.129 e. The summed E-state index contributed by atoms with van der Waals surface area (Å²) in [7, 11) is 0. The minimum atomic E-state index is -0.182. The molecule has 3 nitrogen and oxygen atoms in total. The smallest absolute Gasteiger partial charge is 0.129 e. The van der Waals surface area contributed by atoms with Crippen LogP contribution in [0.2, 0.25) is 0 Å². The average molecular weight is 310 g/mol. The number of rotatable bonds is 4. The third-order valence-electron chi connectivity index (χ3n) is 2.51. The van der Waals surface area contributed by atoms with Crippen LogP contribution in [0.5, 0.6) is 0 Å². The zero-order valence-electron chi connectivity index (χ0n) is 9.95. The molecule has 0 aliphatic carbocycles. The summed E-state index contributed by atoms with van der Waals surface area (Å²) in [5.41, 5.74) is 1.59. The topological polar surface area (TPSA) is 37.8 Å². The molecule has 18 heavy (non-hydrogen) atoms. The first-order valence-electron chi connectivity index (χ1n) is 5.61. The van der Waals surface area contributed by atoms with E-state index >= 15 is 0 Å². The van der Waals surface area contributed by atoms with Gasteiger partial charge in [-0.1, -0.05) is 15.9 Å². The Morgan fingerprint density at radius 3 is 2.89 bits per heavy atom. The highest BCUT2D eigenvalue weighted by molar-refractivity contribution is 9.10. The molecule has 0 atom stereocenters. The molecular formula is C13H13BrFN3. The molecule has 5 heteroatoms. The molecule has 1 aromatic heterocycles. The van der Waals surface area contributed by atoms with Crippen LogP contribution >= 0.6 is 15.9 Å². The van der Waals surface area contributed by atoms with Crippen LogP contribution < -0.4 is 5.32 Å². The van der Waals surface area contributed by atoms with Crippen LogP contribution in [-0.4, -0.2) is 16.5 Å². The predicted molar refractivity (Wildman–Crippen MR) is 73.1 cm³/mol. The first kappa shape index (κ1) is 13.0. The van der Waals surface area contributed by atoms with E-state index in [1.807, 2.05) is 13.0 Å². The van der Waals surface area contributed by atoms with Crippen LogP contribution in [0.4, 0.5) is 10.2 Å². The number of nitrogens with zero attached hydrogens (tertiary/aromatic N) is 2. The van der Waals surface area contributed by atoms with Crippen molar-refractivity contribution in [3.63, 3.8) is 0 Å². The van der Waals surface area contributed by atoms with Crippen molar-refractivity contribution in [1.82, 2.24) is 9.97 Å². The summed E-state index contributed by atoms with van der Waals surface area (Å²) >= 11 is 3.33. The van der Waals surface area contributed by atoms with Gasteiger partial charge in [-0.2, -0.15) is 0 Å². The lowest BCUT2D eigenvalue weighted by atomic mass is 10.1. The van der Waals surface area contributed by atoms with E-state index in [2.05, 4.69) is 31.2 Å². The molecule has 1 N–H and O–H groups in total. The number of hydrogen-bond acceptors (Lipinski definition) is 3. The van der Waals surface area contributed by atoms with Gasteiger partial charge in [0.15, 0.2) is 0 Å². The molecule has 2 aromatic rings. The molecule has 2 rings (SSSR count). The number of nitrogens with one attached hydrogen (secondary N) is 1. The minimum Gasteiger partial charge on any atom is -0.370 e. The van der Waals surface area contributed by atoms with Crippen LogP contribution in [0.15, 0.2) is 35.1 Å². The fraction of sp³-hybridized carbons (Fsp3) is 0.231. The highest BCUT2D eigenvalue weighted by atomic mass is 79.9. The molecule has 1 aromatic carbocycles. The summed E-state index contributed by atoms with van der Waals surface area (Å²) in [6, 6.07) is 6.81. The highest BCUT2D eigenvalue weighted by Gasteiger charge is 2.03. The number of hydrogen-bond donors (Lipinski definition) is 1. The largest absolute Gasteiger partial charge is 0.370 e. The molecule has 0 aliphatic heterocycles. The summed E-state index contributed by atoms with van der Waals surface area (Å²) in [5, 5.41) is 3.15. The lowest BCUT2D eigenvalue weighted by Gasteiger charge is -2.07. The fourth-order valence-electron chi connectivity index (χ4n) is 1.61. The van der Waals surface area contributed by atoms with E-state index in [9.17, 15) is 4.39 Å². The molecule has 0 fully saturated rings. The molecule has 0 aliphatic rings. The molecule has 0 radical (unpaired) electrons. The molecule has 0 bridgehead atoms. The van der Waals surface area contributed by atoms with Gasteiger partial charge in [0.05, 0.1) is 0 Å². The third kappa shape index (κ3) is 3.50. The number of halogens is 2. The standard InChI is InChI=1S/C13H13BrFN3/c1-9-6-13(18-8-17-9)16-5-4-10-7-11(14)2-3-12(10)15/h2-3,6-8H,4-5H2,1H3,(H,16,17,18). The van der Waals surface area contributed by atoms with E-state index in [4.69, 9.17) is 0 Å². The van der Waals surface area contributed by atoms with Crippen molar-refractivity contribution in [1.29, 1.82) is 0 Å². The number of aromatic nitrogens is 2. The lowest BCUT2D eigenvalue weighted by molar-refractivity contribution is 0.610. The summed E-state index contributed by atoms with van der Waals surface area (Å²) in [4.78, 5) is 8.10. The summed E-state index contributed by atoms with van der Waals surface area (Å²) < 4.78 is 14.4. The average Bonchev–Trinajstić information content (AvgIpc) is 2.34. The molecule has 0 saturated carbocycles. The van der Waals surface area contributed by atoms with Gasteiger partial charge in [-0.25, -0.2) is 14.4 Å². The Hall–Kier alpha value is -1.49. The Balaban J connectivity index is 1.94. The van der Waals surface area contributed by atoms with Gasteiger partial charge in [0.25, 0.3) is 0 Å². The lowest BCUT2D eigenvalue weighted by Crippen LogP contribution is -2.07. The van der Waals surface area contributed by atoms with Crippen LogP contribution in [0.3, 0.4) is 0 Å². The van der Waals surface area contributed by atoms with Crippen LogP contribution in [0.25, 0.3) is 0 Å². The van der Waals surface area contributed by atoms with Crippen LogP contribution in [-0.2, 0) is 6.42 Å². The van der Waals surface area contributed by atoms with Gasteiger partial charge in [-0.05, 0) is 37.1 Å². The van der Waals surface area contributed by atoms with Gasteiger partial charge < -0.3 is 5.32 Å². The molecule has 0 spiro atoms. The first-order chi connectivity index (χ1) is 8.65. The fourth-order valence-corrected chi connectivity index (χ4v) is 2.02. The van der Waals surface area contributed by atoms with E-state index < -0.39 is 0 Å². The Labute approximate surface area is 114 Å². The SMILES string of the molecule is Cc1cc(NCCc2cc(Br)ccc2F)ncn1. The molecule has 0 unspecified atom stereocenters. The maximum atomic E-state index is 13.5. The molecule has 94 valence electrons. The minimum absolute atomic E-state index is 0.182. The first-order valence-corrected chi connectivity index (χ1v) is 6.41. The number of aryl methyl sites for hydroxylation is 1. The van der Waals surface area contributed by atoms with Gasteiger partial charge in [0.2, 0.25) is 0 Å². The molecule has 0 amide bonds. The van der Waals surface area contributed by atoms with Crippen molar-refractivity contribution >= 4 is 21.7 Å². The third-order valence-corrected chi connectivity index (χ3v) is 3.01. The van der Waals surface area contributed by atoms with E-state index in [1.54, 1.807) is 12.1 Å². The van der Waals surface area contributed by atoms with Gasteiger partial charge in [-0.3, -0.25) is 0 Å². The Kier molecular flexibility index (Phi) is 4.25. The summed E-state index contributed by atoms with van der Waals surface area (Å²) in [6.45, 7) is 2.53. The second-order valence-corrected chi connectivity index (χ2v) is 4.87. The maximum absolute atomic E-state index is 13.5. The van der Waals surface area contributed by atoms with E-state index in [1.165, 1.54) is 12.4 Å². The summed E-state index contributed by atoms with van der Waals surface area (Å²) in [5.74, 6) is 0.580. The number of anilines is 1. The van der Waals surface area contributed by atoms with Gasteiger partial charge in [-0.15, -0.1) is 0 Å². The van der Waals surface area contributed by atoms with Crippen molar-refractivity contribution in [3.05, 3.63) is 52.1 Å². The second kappa shape index (κ2) is 5.91. The Morgan fingerprint density at radius 1 is 1.28 bits per heavy atom. The van der Waals surface area contributed by atoms with Crippen molar-refractivity contribution < 1.29 is 4.39 Å². The van der Waals surface area contributed by atoms with E-state index in [0.29, 0.717) is 18.5 Å². The molecule has 1 heterocycles. The summed E-state index contributed by atoms with van der Waals surface area (Å²) in [6.07, 6.45) is 2.12. The quantitative estimate of drug-likeness (QED) is 0.941. The molecular weight excluding hydrogens is 297 g/mol. The van der Waals surface area contributed by atoms with E-state index in [-0.39, 0.29) is 5.82 Å². The van der Waals surface area contributed by atoms with Crippen molar-refractivity contribution in [2.75, 3.05) is 11.9 Å². The Bertz CT molecular complexity index is 546. The van der Waals surface area contributed by atoms with Crippen molar-refractivity contribution in [2.24, 2.45) is 0 Å². The van der Waals surface area contributed by atoms with E-state index in [0.717, 1.165) is 16.0 Å². The van der Waals surface area contributed by atoms with Crippen LogP contribution in [0, 0.1) is 12.7 Å². The Morgan fingerprint density at radius 2 is 2.11 bits per heavy atom. The van der Waals surface area contributed by atoms with Crippen molar-refractivity contribution in [3.8, 4) is 0 Å². The van der Waals surface area contributed by atoms with Gasteiger partial charge in [0.1, 0.15) is 18.0 Å². The number of benzene rings is 1. The zero-order chi connectivity index (χ0) is 13.0. The monoisotopic (exact) mass is 309 g/mol. The van der Waals surface area contributed by atoms with Gasteiger partial charge in [0, 0.05) is 22.8 Å². The van der Waals surface area contributed by atoms with Crippen LogP contribution in [0.1, 0.15) is 11.3 Å². The normalized spacial score (nSPS) is 10.4. The highest BCUT2D eigenvalue weighted by Crippen LogP contribution is 2.16. The second-order valence-electron chi connectivity index (χ2n) is 3.96. The molecule has 0 saturated heterocycles. The zero-order valence-corrected chi connectivity index (χ0v) is 11.5. The predicted octanol–water partition coefficient (Wildman–Crippen LogP) is 3.34.